The van der Waals surface area contributed by atoms with Gasteiger partial charge in [0.05, 0.1) is 25.2 Å². The van der Waals surface area contributed by atoms with Gasteiger partial charge in [-0.25, -0.2) is 0 Å². The molecule has 2 unspecified atom stereocenters. The predicted octanol–water partition coefficient (Wildman–Crippen LogP) is 1.09. The minimum atomic E-state index is -0.765. The Labute approximate surface area is 107 Å². The van der Waals surface area contributed by atoms with E-state index in [2.05, 4.69) is 0 Å². The van der Waals surface area contributed by atoms with Crippen LogP contribution in [0, 0.1) is 0 Å². The summed E-state index contributed by atoms with van der Waals surface area (Å²) in [6.07, 6.45) is 1.10. The molecular weight excluding hydrogens is 230 g/mol. The van der Waals surface area contributed by atoms with Crippen molar-refractivity contribution in [3.05, 3.63) is 35.9 Å². The van der Waals surface area contributed by atoms with E-state index in [1.807, 2.05) is 30.3 Å². The van der Waals surface area contributed by atoms with E-state index in [1.54, 1.807) is 4.90 Å². The molecule has 1 heterocycles. The molecule has 1 amide bonds. The second kappa shape index (κ2) is 5.98. The van der Waals surface area contributed by atoms with Gasteiger partial charge < -0.3 is 15.1 Å². The smallest absolute Gasteiger partial charge is 0.225 e. The molecule has 2 atom stereocenters. The van der Waals surface area contributed by atoms with Crippen LogP contribution in [0.1, 0.15) is 30.9 Å². The Morgan fingerprint density at radius 1 is 1.39 bits per heavy atom. The molecular formula is C14H19NO3. The Balaban J connectivity index is 1.95. The van der Waals surface area contributed by atoms with Crippen LogP contribution < -0.4 is 0 Å². The minimum absolute atomic E-state index is 0.00712. The average molecular weight is 249 g/mol. The van der Waals surface area contributed by atoms with Gasteiger partial charge in [0.2, 0.25) is 5.91 Å². The van der Waals surface area contributed by atoms with Gasteiger partial charge in [0.25, 0.3) is 0 Å². The lowest BCUT2D eigenvalue weighted by molar-refractivity contribution is -0.134. The molecule has 0 saturated carbocycles. The van der Waals surface area contributed by atoms with Crippen LogP contribution in [0.5, 0.6) is 0 Å². The molecule has 1 aliphatic rings. The maximum atomic E-state index is 12.1. The van der Waals surface area contributed by atoms with Gasteiger partial charge >= 0.3 is 0 Å². The first kappa shape index (κ1) is 13.1. The predicted molar refractivity (Wildman–Crippen MR) is 67.8 cm³/mol. The summed E-state index contributed by atoms with van der Waals surface area (Å²) in [5.74, 6) is -0.0806. The van der Waals surface area contributed by atoms with Gasteiger partial charge in [0.1, 0.15) is 0 Å². The molecule has 0 radical (unpaired) electrons. The molecule has 0 bridgehead atoms. The lowest BCUT2D eigenvalue weighted by Crippen LogP contribution is -2.38. The summed E-state index contributed by atoms with van der Waals surface area (Å²) in [5, 5.41) is 19.2. The third kappa shape index (κ3) is 2.89. The normalized spacial score (nSPS) is 21.0. The van der Waals surface area contributed by atoms with Crippen LogP contribution in [-0.2, 0) is 4.79 Å². The Hall–Kier alpha value is -1.39. The van der Waals surface area contributed by atoms with Gasteiger partial charge in [0, 0.05) is 6.54 Å². The Morgan fingerprint density at radius 2 is 2.11 bits per heavy atom. The van der Waals surface area contributed by atoms with Crippen molar-refractivity contribution in [3.8, 4) is 0 Å². The molecule has 1 aromatic carbocycles. The summed E-state index contributed by atoms with van der Waals surface area (Å²) in [4.78, 5) is 13.7. The number of hydrogen-bond donors (Lipinski definition) is 2. The standard InChI is InChI=1S/C14H19NO3/c16-10-12-7-4-8-15(12)14(18)9-13(17)11-5-2-1-3-6-11/h1-3,5-6,12-13,16-17H,4,7-10H2. The quantitative estimate of drug-likeness (QED) is 0.840. The van der Waals surface area contributed by atoms with Crippen molar-refractivity contribution >= 4 is 5.91 Å². The van der Waals surface area contributed by atoms with Gasteiger partial charge in [-0.05, 0) is 18.4 Å². The van der Waals surface area contributed by atoms with Crippen molar-refractivity contribution in [1.29, 1.82) is 0 Å². The number of aliphatic hydroxyl groups is 2. The molecule has 0 aromatic heterocycles. The zero-order chi connectivity index (χ0) is 13.0. The van der Waals surface area contributed by atoms with E-state index in [0.717, 1.165) is 18.4 Å². The van der Waals surface area contributed by atoms with Gasteiger partial charge in [-0.15, -0.1) is 0 Å². The van der Waals surface area contributed by atoms with E-state index in [1.165, 1.54) is 0 Å². The van der Waals surface area contributed by atoms with Crippen molar-refractivity contribution in [3.63, 3.8) is 0 Å². The molecule has 2 rings (SSSR count). The highest BCUT2D eigenvalue weighted by molar-refractivity contribution is 5.77. The van der Waals surface area contributed by atoms with Crippen molar-refractivity contribution in [2.75, 3.05) is 13.2 Å². The number of amides is 1. The van der Waals surface area contributed by atoms with Crippen molar-refractivity contribution < 1.29 is 15.0 Å². The van der Waals surface area contributed by atoms with Crippen LogP contribution in [-0.4, -0.2) is 40.2 Å². The van der Waals surface area contributed by atoms with E-state index < -0.39 is 6.10 Å². The summed E-state index contributed by atoms with van der Waals surface area (Å²) in [6.45, 7) is 0.693. The molecule has 1 aromatic rings. The van der Waals surface area contributed by atoms with Crippen LogP contribution in [0.4, 0.5) is 0 Å². The van der Waals surface area contributed by atoms with E-state index in [9.17, 15) is 15.0 Å². The first-order valence-electron chi connectivity index (χ1n) is 6.35. The van der Waals surface area contributed by atoms with Gasteiger partial charge in [0.15, 0.2) is 0 Å². The third-order valence-corrected chi connectivity index (χ3v) is 3.46. The van der Waals surface area contributed by atoms with Crippen LogP contribution in [0.25, 0.3) is 0 Å². The molecule has 18 heavy (non-hydrogen) atoms. The molecule has 1 saturated heterocycles. The summed E-state index contributed by atoms with van der Waals surface area (Å²) < 4.78 is 0. The van der Waals surface area contributed by atoms with Crippen LogP contribution >= 0.6 is 0 Å². The maximum Gasteiger partial charge on any atom is 0.225 e. The SMILES string of the molecule is O=C(CC(O)c1ccccc1)N1CCCC1CO. The largest absolute Gasteiger partial charge is 0.394 e. The van der Waals surface area contributed by atoms with Gasteiger partial charge in [-0.2, -0.15) is 0 Å². The van der Waals surface area contributed by atoms with E-state index in [-0.39, 0.29) is 25.0 Å². The molecule has 98 valence electrons. The van der Waals surface area contributed by atoms with Gasteiger partial charge in [-0.1, -0.05) is 30.3 Å². The van der Waals surface area contributed by atoms with Crippen molar-refractivity contribution in [2.24, 2.45) is 0 Å². The minimum Gasteiger partial charge on any atom is -0.394 e. The summed E-state index contributed by atoms with van der Waals surface area (Å²) >= 11 is 0. The highest BCUT2D eigenvalue weighted by Crippen LogP contribution is 2.22. The van der Waals surface area contributed by atoms with Crippen LogP contribution in [0.15, 0.2) is 30.3 Å². The number of hydrogen-bond acceptors (Lipinski definition) is 3. The molecule has 1 aliphatic heterocycles. The molecule has 4 nitrogen and oxygen atoms in total. The summed E-state index contributed by atoms with van der Waals surface area (Å²) in [7, 11) is 0. The lowest BCUT2D eigenvalue weighted by atomic mass is 10.1. The third-order valence-electron chi connectivity index (χ3n) is 3.46. The van der Waals surface area contributed by atoms with Crippen LogP contribution in [0.3, 0.4) is 0 Å². The number of benzene rings is 1. The second-order valence-electron chi connectivity index (χ2n) is 4.70. The second-order valence-corrected chi connectivity index (χ2v) is 4.70. The zero-order valence-corrected chi connectivity index (χ0v) is 10.3. The number of rotatable bonds is 4. The molecule has 1 fully saturated rings. The highest BCUT2D eigenvalue weighted by atomic mass is 16.3. The van der Waals surface area contributed by atoms with E-state index in [4.69, 9.17) is 0 Å². The highest BCUT2D eigenvalue weighted by Gasteiger charge is 2.29. The first-order valence-corrected chi connectivity index (χ1v) is 6.35. The molecule has 4 heteroatoms. The lowest BCUT2D eigenvalue weighted by Gasteiger charge is -2.24. The Kier molecular flexibility index (Phi) is 4.33. The summed E-state index contributed by atoms with van der Waals surface area (Å²) in [6, 6.07) is 9.11. The number of likely N-dealkylation sites (tertiary alicyclic amines) is 1. The average Bonchev–Trinajstić information content (AvgIpc) is 2.88. The Morgan fingerprint density at radius 3 is 2.78 bits per heavy atom. The van der Waals surface area contributed by atoms with Crippen molar-refractivity contribution in [1.82, 2.24) is 4.90 Å². The first-order chi connectivity index (χ1) is 8.72. The zero-order valence-electron chi connectivity index (χ0n) is 10.3. The Bertz CT molecular complexity index is 393. The van der Waals surface area contributed by atoms with Crippen LogP contribution in [0.2, 0.25) is 0 Å². The van der Waals surface area contributed by atoms with Crippen molar-refractivity contribution in [2.45, 2.75) is 31.4 Å². The molecule has 0 spiro atoms. The van der Waals surface area contributed by atoms with E-state index in [0.29, 0.717) is 6.54 Å². The van der Waals surface area contributed by atoms with Gasteiger partial charge in [-0.3, -0.25) is 4.79 Å². The fourth-order valence-electron chi connectivity index (χ4n) is 2.43. The van der Waals surface area contributed by atoms with E-state index >= 15 is 0 Å². The number of nitrogens with zero attached hydrogens (tertiary/aromatic N) is 1. The number of carbonyl (C=O) groups is 1. The maximum absolute atomic E-state index is 12.1. The number of carbonyl (C=O) groups excluding carboxylic acids is 1. The summed E-state index contributed by atoms with van der Waals surface area (Å²) in [5.41, 5.74) is 0.755. The topological polar surface area (TPSA) is 60.8 Å². The fraction of sp³-hybridized carbons (Fsp3) is 0.500. The molecule has 0 aliphatic carbocycles. The molecule has 2 N–H and O–H groups in total. The number of aliphatic hydroxyl groups excluding tert-OH is 2. The fourth-order valence-corrected chi connectivity index (χ4v) is 2.43. The monoisotopic (exact) mass is 249 g/mol.